The van der Waals surface area contributed by atoms with Crippen LogP contribution in [0.4, 0.5) is 4.39 Å². The summed E-state index contributed by atoms with van der Waals surface area (Å²) in [5.74, 6) is 0.269. The lowest BCUT2D eigenvalue weighted by Crippen LogP contribution is -2.29. The van der Waals surface area contributed by atoms with Crippen molar-refractivity contribution in [1.82, 2.24) is 5.32 Å². The average molecular weight is 348 g/mol. The molecule has 1 aliphatic rings. The normalized spacial score (nSPS) is 16.0. The smallest absolute Gasteiger partial charge is 0.142 e. The lowest BCUT2D eigenvalue weighted by atomic mass is 9.90. The minimum absolute atomic E-state index is 0.0555. The van der Waals surface area contributed by atoms with Gasteiger partial charge in [-0.25, -0.2) is 4.39 Å². The Morgan fingerprint density at radius 1 is 1.14 bits per heavy atom. The molecule has 1 N–H and O–H groups in total. The SMILES string of the molecule is CCNC(c1cccc(Br)c1F)C1Cc2ccccc2C1. The molecule has 3 rings (SSSR count). The molecule has 2 aromatic rings. The summed E-state index contributed by atoms with van der Waals surface area (Å²) in [5, 5.41) is 3.48. The molecule has 0 aliphatic heterocycles. The van der Waals surface area contributed by atoms with E-state index in [2.05, 4.69) is 52.4 Å². The van der Waals surface area contributed by atoms with E-state index in [1.165, 1.54) is 11.1 Å². The van der Waals surface area contributed by atoms with Crippen LogP contribution in [0.25, 0.3) is 0 Å². The van der Waals surface area contributed by atoms with Gasteiger partial charge in [0, 0.05) is 11.6 Å². The van der Waals surface area contributed by atoms with Gasteiger partial charge in [-0.2, -0.15) is 0 Å². The molecule has 0 aromatic heterocycles. The van der Waals surface area contributed by atoms with Gasteiger partial charge < -0.3 is 5.32 Å². The fourth-order valence-electron chi connectivity index (χ4n) is 3.34. The van der Waals surface area contributed by atoms with Crippen molar-refractivity contribution >= 4 is 15.9 Å². The minimum atomic E-state index is -0.139. The highest BCUT2D eigenvalue weighted by atomic mass is 79.9. The van der Waals surface area contributed by atoms with Gasteiger partial charge in [-0.1, -0.05) is 43.3 Å². The Labute approximate surface area is 133 Å². The molecular formula is C18H19BrFN. The Bertz CT molecular complexity index is 616. The van der Waals surface area contributed by atoms with E-state index in [9.17, 15) is 4.39 Å². The predicted molar refractivity (Wildman–Crippen MR) is 87.9 cm³/mol. The van der Waals surface area contributed by atoms with Crippen LogP contribution in [0.5, 0.6) is 0 Å². The maximum Gasteiger partial charge on any atom is 0.142 e. The Kier molecular flexibility index (Phi) is 4.41. The third kappa shape index (κ3) is 2.90. The van der Waals surface area contributed by atoms with E-state index < -0.39 is 0 Å². The minimum Gasteiger partial charge on any atom is -0.310 e. The molecule has 0 saturated heterocycles. The molecule has 21 heavy (non-hydrogen) atoms. The second-order valence-electron chi connectivity index (χ2n) is 5.62. The molecule has 0 fully saturated rings. The van der Waals surface area contributed by atoms with Gasteiger partial charge in [0.1, 0.15) is 5.82 Å². The van der Waals surface area contributed by atoms with Gasteiger partial charge in [-0.05, 0) is 58.4 Å². The number of fused-ring (bicyclic) bond motifs is 1. The fraction of sp³-hybridized carbons (Fsp3) is 0.333. The number of nitrogens with one attached hydrogen (secondary N) is 1. The van der Waals surface area contributed by atoms with E-state index in [1.807, 2.05) is 12.1 Å². The molecule has 0 heterocycles. The maximum atomic E-state index is 14.5. The van der Waals surface area contributed by atoms with Crippen molar-refractivity contribution in [1.29, 1.82) is 0 Å². The molecule has 0 spiro atoms. The van der Waals surface area contributed by atoms with E-state index >= 15 is 0 Å². The summed E-state index contributed by atoms with van der Waals surface area (Å²) >= 11 is 3.30. The van der Waals surface area contributed by atoms with Crippen LogP contribution in [0.1, 0.15) is 29.7 Å². The first-order valence-electron chi connectivity index (χ1n) is 7.44. The molecular weight excluding hydrogens is 329 g/mol. The highest BCUT2D eigenvalue weighted by Crippen LogP contribution is 2.37. The zero-order valence-corrected chi connectivity index (χ0v) is 13.7. The lowest BCUT2D eigenvalue weighted by Gasteiger charge is -2.25. The van der Waals surface area contributed by atoms with Gasteiger partial charge in [-0.15, -0.1) is 0 Å². The van der Waals surface area contributed by atoms with Crippen LogP contribution in [-0.2, 0) is 12.8 Å². The molecule has 1 nitrogen and oxygen atoms in total. The summed E-state index contributed by atoms with van der Waals surface area (Å²) in [7, 11) is 0. The second-order valence-corrected chi connectivity index (χ2v) is 6.47. The van der Waals surface area contributed by atoms with E-state index in [0.717, 1.165) is 24.9 Å². The zero-order chi connectivity index (χ0) is 14.8. The molecule has 3 heteroatoms. The largest absolute Gasteiger partial charge is 0.310 e. The second kappa shape index (κ2) is 6.29. The van der Waals surface area contributed by atoms with Crippen molar-refractivity contribution in [2.24, 2.45) is 5.92 Å². The van der Waals surface area contributed by atoms with Crippen molar-refractivity contribution in [3.63, 3.8) is 0 Å². The number of benzene rings is 2. The molecule has 2 aromatic carbocycles. The van der Waals surface area contributed by atoms with Gasteiger partial charge in [0.05, 0.1) is 4.47 Å². The summed E-state index contributed by atoms with van der Waals surface area (Å²) < 4.78 is 15.0. The van der Waals surface area contributed by atoms with E-state index in [-0.39, 0.29) is 11.9 Å². The standard InChI is InChI=1S/C18H19BrFN/c1-2-21-18(15-8-5-9-16(19)17(15)20)14-10-12-6-3-4-7-13(12)11-14/h3-9,14,18,21H,2,10-11H2,1H3. The van der Waals surface area contributed by atoms with Gasteiger partial charge in [0.25, 0.3) is 0 Å². The molecule has 0 bridgehead atoms. The fourth-order valence-corrected chi connectivity index (χ4v) is 3.72. The van der Waals surface area contributed by atoms with Gasteiger partial charge in [-0.3, -0.25) is 0 Å². The summed E-state index contributed by atoms with van der Waals surface area (Å²) in [6.45, 7) is 2.91. The Morgan fingerprint density at radius 3 is 2.43 bits per heavy atom. The Morgan fingerprint density at radius 2 is 1.81 bits per heavy atom. The average Bonchev–Trinajstić information content (AvgIpc) is 2.91. The number of hydrogen-bond acceptors (Lipinski definition) is 1. The third-order valence-corrected chi connectivity index (χ3v) is 4.91. The van der Waals surface area contributed by atoms with E-state index in [4.69, 9.17) is 0 Å². The zero-order valence-electron chi connectivity index (χ0n) is 12.1. The highest BCUT2D eigenvalue weighted by Gasteiger charge is 2.30. The molecule has 110 valence electrons. The van der Waals surface area contributed by atoms with E-state index in [0.29, 0.717) is 10.4 Å². The third-order valence-electron chi connectivity index (χ3n) is 4.29. The lowest BCUT2D eigenvalue weighted by molar-refractivity contribution is 0.368. The predicted octanol–water partition coefficient (Wildman–Crippen LogP) is 4.65. The van der Waals surface area contributed by atoms with Crippen LogP contribution < -0.4 is 5.32 Å². The Balaban J connectivity index is 1.91. The topological polar surface area (TPSA) is 12.0 Å². The maximum absolute atomic E-state index is 14.5. The van der Waals surface area contributed by atoms with Crippen molar-refractivity contribution in [3.8, 4) is 0 Å². The number of rotatable bonds is 4. The van der Waals surface area contributed by atoms with Crippen molar-refractivity contribution in [3.05, 3.63) is 69.4 Å². The van der Waals surface area contributed by atoms with Crippen molar-refractivity contribution < 1.29 is 4.39 Å². The first-order chi connectivity index (χ1) is 10.2. The first kappa shape index (κ1) is 14.7. The summed E-state index contributed by atoms with van der Waals surface area (Å²) in [5.41, 5.74) is 3.57. The molecule has 0 amide bonds. The van der Waals surface area contributed by atoms with Crippen LogP contribution in [-0.4, -0.2) is 6.54 Å². The molecule has 1 aliphatic carbocycles. The summed E-state index contributed by atoms with van der Waals surface area (Å²) in [6.07, 6.45) is 2.03. The number of hydrogen-bond donors (Lipinski definition) is 1. The summed E-state index contributed by atoms with van der Waals surface area (Å²) in [6, 6.07) is 14.2. The quantitative estimate of drug-likeness (QED) is 0.848. The van der Waals surface area contributed by atoms with Crippen molar-refractivity contribution in [2.45, 2.75) is 25.8 Å². The van der Waals surface area contributed by atoms with Crippen LogP contribution in [0, 0.1) is 11.7 Å². The van der Waals surface area contributed by atoms with Crippen molar-refractivity contribution in [2.75, 3.05) is 6.54 Å². The van der Waals surface area contributed by atoms with Crippen LogP contribution in [0.3, 0.4) is 0 Å². The van der Waals surface area contributed by atoms with Crippen LogP contribution >= 0.6 is 15.9 Å². The Hall–Kier alpha value is -1.19. The van der Waals surface area contributed by atoms with Crippen LogP contribution in [0.15, 0.2) is 46.9 Å². The van der Waals surface area contributed by atoms with Crippen LogP contribution in [0.2, 0.25) is 0 Å². The molecule has 1 unspecified atom stereocenters. The molecule has 0 radical (unpaired) electrons. The van der Waals surface area contributed by atoms with Gasteiger partial charge in [0.15, 0.2) is 0 Å². The van der Waals surface area contributed by atoms with Gasteiger partial charge >= 0.3 is 0 Å². The summed E-state index contributed by atoms with van der Waals surface area (Å²) in [4.78, 5) is 0. The number of halogens is 2. The molecule has 0 saturated carbocycles. The highest BCUT2D eigenvalue weighted by molar-refractivity contribution is 9.10. The van der Waals surface area contributed by atoms with E-state index in [1.54, 1.807) is 6.07 Å². The molecule has 1 atom stereocenters. The monoisotopic (exact) mass is 347 g/mol. The first-order valence-corrected chi connectivity index (χ1v) is 8.24. The van der Waals surface area contributed by atoms with Gasteiger partial charge in [0.2, 0.25) is 0 Å².